The van der Waals surface area contributed by atoms with Crippen molar-refractivity contribution in [2.24, 2.45) is 0 Å². The third-order valence-corrected chi connectivity index (χ3v) is 5.61. The molecule has 0 bridgehead atoms. The fourth-order valence-electron chi connectivity index (χ4n) is 3.01. The van der Waals surface area contributed by atoms with Crippen LogP contribution >= 0.6 is 0 Å². The van der Waals surface area contributed by atoms with Crippen LogP contribution in [0.2, 0.25) is 0 Å². The quantitative estimate of drug-likeness (QED) is 0.630. The number of benzene rings is 1. The lowest BCUT2D eigenvalue weighted by atomic mass is 9.91. The van der Waals surface area contributed by atoms with E-state index in [1.807, 2.05) is 14.1 Å². The minimum absolute atomic E-state index is 0.0696. The lowest BCUT2D eigenvalue weighted by molar-refractivity contribution is -0.384. The first kappa shape index (κ1) is 17.8. The van der Waals surface area contributed by atoms with Gasteiger partial charge in [-0.15, -0.1) is 0 Å². The van der Waals surface area contributed by atoms with Crippen molar-refractivity contribution in [1.82, 2.24) is 9.62 Å². The predicted octanol–water partition coefficient (Wildman–Crippen LogP) is 1.89. The minimum Gasteiger partial charge on any atom is -0.306 e. The van der Waals surface area contributed by atoms with Gasteiger partial charge in [0.25, 0.3) is 5.69 Å². The number of non-ortho nitro benzene ring substituents is 1. The van der Waals surface area contributed by atoms with Gasteiger partial charge >= 0.3 is 0 Å². The molecule has 1 aromatic carbocycles. The molecule has 0 heterocycles. The van der Waals surface area contributed by atoms with Crippen molar-refractivity contribution < 1.29 is 13.3 Å². The summed E-state index contributed by atoms with van der Waals surface area (Å²) in [6.07, 6.45) is 3.70. The van der Waals surface area contributed by atoms with Crippen LogP contribution in [0, 0.1) is 10.1 Å². The second kappa shape index (κ2) is 7.37. The first-order valence-electron chi connectivity index (χ1n) is 7.66. The number of hydrogen-bond acceptors (Lipinski definition) is 5. The first-order chi connectivity index (χ1) is 10.8. The van der Waals surface area contributed by atoms with Crippen LogP contribution in [0.5, 0.6) is 0 Å². The maximum absolute atomic E-state index is 12.3. The van der Waals surface area contributed by atoms with Gasteiger partial charge in [0.1, 0.15) is 0 Å². The van der Waals surface area contributed by atoms with Crippen molar-refractivity contribution in [1.29, 1.82) is 0 Å². The Morgan fingerprint density at radius 3 is 2.74 bits per heavy atom. The number of sulfonamides is 1. The summed E-state index contributed by atoms with van der Waals surface area (Å²) in [4.78, 5) is 12.4. The average Bonchev–Trinajstić information content (AvgIpc) is 2.46. The second-order valence-corrected chi connectivity index (χ2v) is 8.04. The van der Waals surface area contributed by atoms with E-state index in [0.29, 0.717) is 11.6 Å². The summed E-state index contributed by atoms with van der Waals surface area (Å²) in [6, 6.07) is 6.07. The fraction of sp³-hybridized carbons (Fsp3) is 0.600. The lowest BCUT2D eigenvalue weighted by Crippen LogP contribution is -2.44. The van der Waals surface area contributed by atoms with Gasteiger partial charge in [0.15, 0.2) is 0 Å². The normalized spacial score (nSPS) is 22.2. The summed E-state index contributed by atoms with van der Waals surface area (Å²) in [7, 11) is 0.492. The third-order valence-electron chi connectivity index (χ3n) is 4.20. The van der Waals surface area contributed by atoms with Gasteiger partial charge in [-0.25, -0.2) is 13.1 Å². The van der Waals surface area contributed by atoms with Crippen LogP contribution < -0.4 is 4.72 Å². The molecule has 0 spiro atoms. The van der Waals surface area contributed by atoms with Crippen LogP contribution in [0.3, 0.4) is 0 Å². The van der Waals surface area contributed by atoms with Crippen LogP contribution in [-0.2, 0) is 15.8 Å². The van der Waals surface area contributed by atoms with E-state index < -0.39 is 14.9 Å². The molecule has 23 heavy (non-hydrogen) atoms. The predicted molar refractivity (Wildman–Crippen MR) is 88.6 cm³/mol. The van der Waals surface area contributed by atoms with E-state index in [1.54, 1.807) is 6.07 Å². The summed E-state index contributed by atoms with van der Waals surface area (Å²) in [5, 5.41) is 10.8. The zero-order valence-corrected chi connectivity index (χ0v) is 14.3. The van der Waals surface area contributed by atoms with Crippen molar-refractivity contribution in [2.75, 3.05) is 14.1 Å². The molecule has 0 saturated heterocycles. The molecule has 2 atom stereocenters. The van der Waals surface area contributed by atoms with E-state index in [4.69, 9.17) is 0 Å². The molecule has 0 aromatic heterocycles. The number of nitrogens with one attached hydrogen (secondary N) is 1. The summed E-state index contributed by atoms with van der Waals surface area (Å²) in [5.74, 6) is -0.238. The zero-order valence-electron chi connectivity index (χ0n) is 13.4. The molecular formula is C15H23N3O4S. The van der Waals surface area contributed by atoms with Crippen LogP contribution in [0.4, 0.5) is 5.69 Å². The van der Waals surface area contributed by atoms with Crippen LogP contribution in [0.1, 0.15) is 31.2 Å². The van der Waals surface area contributed by atoms with E-state index in [-0.39, 0.29) is 17.5 Å². The monoisotopic (exact) mass is 341 g/mol. The van der Waals surface area contributed by atoms with Gasteiger partial charge in [0.05, 0.1) is 10.7 Å². The number of nitrogens with zero attached hydrogens (tertiary/aromatic N) is 2. The zero-order chi connectivity index (χ0) is 17.0. The van der Waals surface area contributed by atoms with Gasteiger partial charge in [-0.1, -0.05) is 18.6 Å². The molecule has 1 aliphatic rings. The molecule has 2 rings (SSSR count). The van der Waals surface area contributed by atoms with Gasteiger partial charge in [0, 0.05) is 24.2 Å². The number of nitro groups is 1. The molecule has 8 heteroatoms. The Morgan fingerprint density at radius 1 is 1.35 bits per heavy atom. The van der Waals surface area contributed by atoms with Crippen molar-refractivity contribution in [2.45, 2.75) is 43.5 Å². The van der Waals surface area contributed by atoms with Gasteiger partial charge in [-0.05, 0) is 38.9 Å². The molecule has 1 fully saturated rings. The Bertz CT molecular complexity index is 660. The maximum atomic E-state index is 12.3. The van der Waals surface area contributed by atoms with E-state index in [9.17, 15) is 18.5 Å². The van der Waals surface area contributed by atoms with Gasteiger partial charge in [-0.2, -0.15) is 0 Å². The fourth-order valence-corrected chi connectivity index (χ4v) is 4.44. The highest BCUT2D eigenvalue weighted by atomic mass is 32.2. The molecule has 1 aliphatic carbocycles. The first-order valence-corrected chi connectivity index (χ1v) is 9.32. The standard InChI is InChI=1S/C15H23N3O4S/c1-17(2)14-7-4-6-13(10-14)16-23(21,22)11-12-5-3-8-15(9-12)18(19)20/h3,5,8-9,13-14,16H,4,6-7,10-11H2,1-2H3/t13-,14-/m0/s1. The van der Waals surface area contributed by atoms with Crippen molar-refractivity contribution in [3.05, 3.63) is 39.9 Å². The van der Waals surface area contributed by atoms with Crippen LogP contribution in [-0.4, -0.2) is 44.4 Å². The molecule has 0 unspecified atom stereocenters. The highest BCUT2D eigenvalue weighted by Gasteiger charge is 2.26. The topological polar surface area (TPSA) is 92.6 Å². The molecule has 1 saturated carbocycles. The minimum atomic E-state index is -3.52. The Labute approximate surface area is 136 Å². The molecule has 0 aliphatic heterocycles. The molecule has 128 valence electrons. The molecule has 0 radical (unpaired) electrons. The Morgan fingerprint density at radius 2 is 2.09 bits per heavy atom. The van der Waals surface area contributed by atoms with Gasteiger partial charge in [0.2, 0.25) is 10.0 Å². The Hall–Kier alpha value is -1.51. The highest BCUT2D eigenvalue weighted by molar-refractivity contribution is 7.88. The van der Waals surface area contributed by atoms with Crippen molar-refractivity contribution >= 4 is 15.7 Å². The molecule has 1 aromatic rings. The maximum Gasteiger partial charge on any atom is 0.269 e. The van der Waals surface area contributed by atoms with E-state index in [1.165, 1.54) is 18.2 Å². The van der Waals surface area contributed by atoms with E-state index in [2.05, 4.69) is 9.62 Å². The molecule has 7 nitrogen and oxygen atoms in total. The van der Waals surface area contributed by atoms with Gasteiger partial charge in [-0.3, -0.25) is 10.1 Å². The number of nitro benzene ring substituents is 1. The molecular weight excluding hydrogens is 318 g/mol. The van der Waals surface area contributed by atoms with E-state index in [0.717, 1.165) is 25.7 Å². The van der Waals surface area contributed by atoms with E-state index >= 15 is 0 Å². The number of hydrogen-bond donors (Lipinski definition) is 1. The smallest absolute Gasteiger partial charge is 0.269 e. The second-order valence-electron chi connectivity index (χ2n) is 6.28. The van der Waals surface area contributed by atoms with Crippen LogP contribution in [0.15, 0.2) is 24.3 Å². The average molecular weight is 341 g/mol. The largest absolute Gasteiger partial charge is 0.306 e. The van der Waals surface area contributed by atoms with Crippen molar-refractivity contribution in [3.63, 3.8) is 0 Å². The summed E-state index contributed by atoms with van der Waals surface area (Å²) >= 11 is 0. The number of rotatable bonds is 6. The summed E-state index contributed by atoms with van der Waals surface area (Å²) in [6.45, 7) is 0. The van der Waals surface area contributed by atoms with Gasteiger partial charge < -0.3 is 4.90 Å². The van der Waals surface area contributed by atoms with Crippen LogP contribution in [0.25, 0.3) is 0 Å². The Kier molecular flexibility index (Phi) is 5.72. The van der Waals surface area contributed by atoms with Crippen molar-refractivity contribution in [3.8, 4) is 0 Å². The third kappa shape index (κ3) is 5.26. The summed E-state index contributed by atoms with van der Waals surface area (Å²) in [5.41, 5.74) is 0.328. The summed E-state index contributed by atoms with van der Waals surface area (Å²) < 4.78 is 27.4. The molecule has 0 amide bonds. The molecule has 1 N–H and O–H groups in total. The lowest BCUT2D eigenvalue weighted by Gasteiger charge is -2.33. The highest BCUT2D eigenvalue weighted by Crippen LogP contribution is 2.23. The SMILES string of the molecule is CN(C)[C@H]1CCC[C@H](NS(=O)(=O)Cc2cccc([N+](=O)[O-])c2)C1. The Balaban J connectivity index is 2.02.